The Labute approximate surface area is 241 Å². The molecule has 41 heavy (non-hydrogen) atoms. The highest BCUT2D eigenvalue weighted by molar-refractivity contribution is 7.15. The number of amides is 3. The summed E-state index contributed by atoms with van der Waals surface area (Å²) < 4.78 is 10.9. The predicted molar refractivity (Wildman–Crippen MR) is 152 cm³/mol. The van der Waals surface area contributed by atoms with E-state index in [9.17, 15) is 19.2 Å². The molecule has 2 aliphatic heterocycles. The largest absolute Gasteiger partial charge is 0.497 e. The summed E-state index contributed by atoms with van der Waals surface area (Å²) in [5.74, 6) is -1.02. The lowest BCUT2D eigenvalue weighted by Crippen LogP contribution is -2.57. The molecule has 0 aliphatic carbocycles. The van der Waals surface area contributed by atoms with Crippen molar-refractivity contribution in [3.8, 4) is 21.9 Å². The Balaban J connectivity index is 1.42. The summed E-state index contributed by atoms with van der Waals surface area (Å²) in [6.07, 6.45) is 1.41. The van der Waals surface area contributed by atoms with Crippen LogP contribution < -0.4 is 20.1 Å². The lowest BCUT2D eigenvalue weighted by molar-refractivity contribution is -0.141. The molecule has 0 bridgehead atoms. The van der Waals surface area contributed by atoms with E-state index in [1.165, 1.54) is 0 Å². The van der Waals surface area contributed by atoms with Crippen molar-refractivity contribution in [3.63, 3.8) is 0 Å². The highest BCUT2D eigenvalue weighted by atomic mass is 32.1. The topological polar surface area (TPSA) is 134 Å². The van der Waals surface area contributed by atoms with E-state index in [0.29, 0.717) is 30.8 Å². The number of fused-ring (bicyclic) bond motifs is 3. The molecule has 11 heteroatoms. The first-order valence-electron chi connectivity index (χ1n) is 13.3. The summed E-state index contributed by atoms with van der Waals surface area (Å²) in [7, 11) is 3.19. The minimum atomic E-state index is -1.18. The highest BCUT2D eigenvalue weighted by Gasteiger charge is 2.46. The Bertz CT molecular complexity index is 1450. The molecule has 214 valence electrons. The number of hydrogen-bond acceptors (Lipinski definition) is 7. The van der Waals surface area contributed by atoms with Crippen LogP contribution in [0.1, 0.15) is 34.9 Å². The third kappa shape index (κ3) is 6.04. The van der Waals surface area contributed by atoms with Gasteiger partial charge in [-0.15, -0.1) is 11.3 Å². The van der Waals surface area contributed by atoms with Crippen molar-refractivity contribution in [1.29, 1.82) is 0 Å². The zero-order valence-electron chi connectivity index (χ0n) is 22.7. The van der Waals surface area contributed by atoms with Crippen molar-refractivity contribution >= 4 is 35.0 Å². The van der Waals surface area contributed by atoms with Gasteiger partial charge < -0.3 is 30.1 Å². The zero-order valence-corrected chi connectivity index (χ0v) is 23.5. The van der Waals surface area contributed by atoms with Crippen LogP contribution in [0, 0.1) is 0 Å². The van der Waals surface area contributed by atoms with Gasteiger partial charge in [-0.3, -0.25) is 19.2 Å². The normalized spacial score (nSPS) is 18.2. The summed E-state index contributed by atoms with van der Waals surface area (Å²) in [5.41, 5.74) is 2.70. The SMILES string of the molecule is COc1cc(OC)cc(-c2cc3c(s2)[C@H]2CCC(=O)N2[C@H](C(=O)N[C@@H](Cc2ccccc2)C(=O)NCC(=O)O)C3)c1. The number of benzene rings is 2. The van der Waals surface area contributed by atoms with E-state index in [0.717, 1.165) is 26.4 Å². The third-order valence-electron chi connectivity index (χ3n) is 7.42. The Morgan fingerprint density at radius 1 is 1.07 bits per heavy atom. The first-order valence-corrected chi connectivity index (χ1v) is 14.1. The second-order valence-electron chi connectivity index (χ2n) is 10.0. The van der Waals surface area contributed by atoms with Crippen LogP contribution in [-0.2, 0) is 32.0 Å². The van der Waals surface area contributed by atoms with E-state index >= 15 is 0 Å². The number of aliphatic carboxylic acids is 1. The molecule has 5 rings (SSSR count). The van der Waals surface area contributed by atoms with Gasteiger partial charge in [0.1, 0.15) is 30.1 Å². The van der Waals surface area contributed by atoms with Crippen LogP contribution >= 0.6 is 11.3 Å². The highest BCUT2D eigenvalue weighted by Crippen LogP contribution is 2.47. The second kappa shape index (κ2) is 12.0. The quantitative estimate of drug-likeness (QED) is 0.337. The smallest absolute Gasteiger partial charge is 0.322 e. The number of rotatable bonds is 10. The van der Waals surface area contributed by atoms with Gasteiger partial charge in [-0.25, -0.2) is 0 Å². The molecular weight excluding hydrogens is 546 g/mol. The van der Waals surface area contributed by atoms with Crippen LogP contribution in [0.4, 0.5) is 0 Å². The van der Waals surface area contributed by atoms with E-state index in [2.05, 4.69) is 16.7 Å². The number of carbonyl (C=O) groups is 4. The van der Waals surface area contributed by atoms with Crippen LogP contribution in [0.25, 0.3) is 10.4 Å². The molecule has 3 heterocycles. The van der Waals surface area contributed by atoms with E-state index < -0.39 is 36.4 Å². The average Bonchev–Trinajstić information content (AvgIpc) is 3.59. The first kappa shape index (κ1) is 28.2. The lowest BCUT2D eigenvalue weighted by atomic mass is 9.94. The zero-order chi connectivity index (χ0) is 29.1. The van der Waals surface area contributed by atoms with Crippen LogP contribution in [0.5, 0.6) is 11.5 Å². The van der Waals surface area contributed by atoms with Gasteiger partial charge in [0.25, 0.3) is 0 Å². The van der Waals surface area contributed by atoms with Crippen molar-refractivity contribution in [2.24, 2.45) is 0 Å². The van der Waals surface area contributed by atoms with Gasteiger partial charge >= 0.3 is 5.97 Å². The number of carboxylic acid groups (broad SMARTS) is 1. The molecule has 0 unspecified atom stereocenters. The second-order valence-corrected chi connectivity index (χ2v) is 11.1. The van der Waals surface area contributed by atoms with Crippen LogP contribution in [0.2, 0.25) is 0 Å². The summed E-state index contributed by atoms with van der Waals surface area (Å²) >= 11 is 1.59. The molecule has 3 N–H and O–H groups in total. The molecule has 3 atom stereocenters. The van der Waals surface area contributed by atoms with Gasteiger partial charge in [0.05, 0.1) is 20.3 Å². The van der Waals surface area contributed by atoms with Crippen molar-refractivity contribution in [1.82, 2.24) is 15.5 Å². The van der Waals surface area contributed by atoms with Crippen molar-refractivity contribution in [2.45, 2.75) is 43.8 Å². The molecule has 3 aromatic rings. The number of methoxy groups -OCH3 is 2. The van der Waals surface area contributed by atoms with Crippen molar-refractivity contribution < 1.29 is 33.8 Å². The number of nitrogens with one attached hydrogen (secondary N) is 2. The van der Waals surface area contributed by atoms with Crippen molar-refractivity contribution in [3.05, 3.63) is 70.6 Å². The maximum atomic E-state index is 13.8. The fourth-order valence-electron chi connectivity index (χ4n) is 5.47. The Morgan fingerprint density at radius 3 is 2.44 bits per heavy atom. The summed E-state index contributed by atoms with van der Waals surface area (Å²) in [6, 6.07) is 14.8. The Morgan fingerprint density at radius 2 is 1.78 bits per heavy atom. The molecular formula is C30H31N3O7S. The van der Waals surface area contributed by atoms with Crippen molar-refractivity contribution in [2.75, 3.05) is 20.8 Å². The third-order valence-corrected chi connectivity index (χ3v) is 8.74. The van der Waals surface area contributed by atoms with E-state index in [-0.39, 0.29) is 18.4 Å². The number of nitrogens with zero attached hydrogens (tertiary/aromatic N) is 1. The monoisotopic (exact) mass is 577 g/mol. The number of hydrogen-bond donors (Lipinski definition) is 3. The van der Waals surface area contributed by atoms with Gasteiger partial charge in [0, 0.05) is 35.1 Å². The molecule has 2 aromatic carbocycles. The maximum absolute atomic E-state index is 13.8. The molecule has 0 radical (unpaired) electrons. The molecule has 0 saturated carbocycles. The predicted octanol–water partition coefficient (Wildman–Crippen LogP) is 2.95. The van der Waals surface area contributed by atoms with Gasteiger partial charge in [0.15, 0.2) is 0 Å². The van der Waals surface area contributed by atoms with E-state index in [4.69, 9.17) is 14.6 Å². The summed E-state index contributed by atoms with van der Waals surface area (Å²) in [5, 5.41) is 14.2. The average molecular weight is 578 g/mol. The fourth-order valence-corrected chi connectivity index (χ4v) is 6.78. The fraction of sp³-hybridized carbons (Fsp3) is 0.333. The van der Waals surface area contributed by atoms with Gasteiger partial charge in [-0.05, 0) is 41.3 Å². The summed E-state index contributed by atoms with van der Waals surface area (Å²) in [4.78, 5) is 54.5. The molecule has 10 nitrogen and oxygen atoms in total. The van der Waals surface area contributed by atoms with E-state index in [1.54, 1.807) is 36.5 Å². The minimum Gasteiger partial charge on any atom is -0.497 e. The Hall–Kier alpha value is -4.38. The Kier molecular flexibility index (Phi) is 8.25. The maximum Gasteiger partial charge on any atom is 0.322 e. The summed E-state index contributed by atoms with van der Waals surface area (Å²) in [6.45, 7) is -0.563. The van der Waals surface area contributed by atoms with Gasteiger partial charge in [-0.1, -0.05) is 30.3 Å². The lowest BCUT2D eigenvalue weighted by Gasteiger charge is -2.37. The van der Waals surface area contributed by atoms with Crippen LogP contribution in [0.15, 0.2) is 54.6 Å². The number of ether oxygens (including phenoxy) is 2. The molecule has 1 fully saturated rings. The molecule has 1 aromatic heterocycles. The standard InChI is InChI=1S/C30H31N3O7S/c1-39-20-11-18(12-21(15-20)40-2)25-14-19-13-24(33-23(28(19)41-25)8-9-26(33)34)30(38)32-22(29(37)31-16-27(35)36)10-17-6-4-3-5-7-17/h3-7,11-12,14-15,22-24H,8-10,13,16H2,1-2H3,(H,31,37)(H,32,38)(H,35,36)/t22-,23+,24-/m0/s1. The van der Waals surface area contributed by atoms with Crippen LogP contribution in [0.3, 0.4) is 0 Å². The molecule has 3 amide bonds. The van der Waals surface area contributed by atoms with E-state index in [1.807, 2.05) is 42.5 Å². The molecule has 1 saturated heterocycles. The number of carboxylic acids is 1. The molecule has 2 aliphatic rings. The molecule has 0 spiro atoms. The first-order chi connectivity index (χ1) is 19.8. The van der Waals surface area contributed by atoms with Crippen LogP contribution in [-0.4, -0.2) is 66.5 Å². The number of thiophene rings is 1. The number of carbonyl (C=O) groups excluding carboxylic acids is 3. The van der Waals surface area contributed by atoms with Gasteiger partial charge in [-0.2, -0.15) is 0 Å². The van der Waals surface area contributed by atoms with Gasteiger partial charge in [0.2, 0.25) is 17.7 Å². The minimum absolute atomic E-state index is 0.103.